The predicted octanol–water partition coefficient (Wildman–Crippen LogP) is 6.71. The van der Waals surface area contributed by atoms with Crippen molar-refractivity contribution in [1.82, 2.24) is 0 Å². The maximum Gasteiger partial charge on any atom is 0.387 e. The van der Waals surface area contributed by atoms with E-state index in [1.807, 2.05) is 41.8 Å². The van der Waals surface area contributed by atoms with E-state index in [0.29, 0.717) is 0 Å². The number of thiophene rings is 1. The van der Waals surface area contributed by atoms with Gasteiger partial charge in [0.2, 0.25) is 0 Å². The number of fused-ring (bicyclic) bond motifs is 1. The van der Waals surface area contributed by atoms with Crippen LogP contribution in [0.4, 0.5) is 14.5 Å². The molecule has 2 heterocycles. The van der Waals surface area contributed by atoms with Crippen LogP contribution in [0.3, 0.4) is 0 Å². The van der Waals surface area contributed by atoms with Gasteiger partial charge in [0, 0.05) is 21.4 Å². The number of halogens is 2. The van der Waals surface area contributed by atoms with Crippen molar-refractivity contribution >= 4 is 34.5 Å². The molecule has 1 aromatic heterocycles. The molecule has 0 bridgehead atoms. The lowest BCUT2D eigenvalue weighted by Gasteiger charge is -2.16. The van der Waals surface area contributed by atoms with Crippen LogP contribution >= 0.6 is 23.1 Å². The number of alkyl halides is 2. The molecule has 0 fully saturated rings. The Kier molecular flexibility index (Phi) is 5.04. The van der Waals surface area contributed by atoms with Crippen molar-refractivity contribution in [3.63, 3.8) is 0 Å². The molecule has 0 N–H and O–H groups in total. The van der Waals surface area contributed by atoms with Gasteiger partial charge in [-0.3, -0.25) is 4.99 Å². The average molecular weight is 387 g/mol. The SMILES string of the molecule is FC(F)Oc1ccc(C2CC(c3cccs3)=Nc3ccccc3S2)cc1. The third kappa shape index (κ3) is 3.81. The second-order valence-electron chi connectivity index (χ2n) is 5.76. The smallest absolute Gasteiger partial charge is 0.387 e. The van der Waals surface area contributed by atoms with Crippen LogP contribution in [0.2, 0.25) is 0 Å². The fourth-order valence-electron chi connectivity index (χ4n) is 2.86. The Hall–Kier alpha value is -2.18. The van der Waals surface area contributed by atoms with E-state index in [2.05, 4.69) is 16.9 Å². The molecule has 1 aliphatic rings. The largest absolute Gasteiger partial charge is 0.435 e. The molecule has 0 amide bonds. The van der Waals surface area contributed by atoms with Gasteiger partial charge in [-0.15, -0.1) is 23.1 Å². The standard InChI is InChI=1S/C20H15F2NOS2/c21-20(22)24-14-9-7-13(8-10-14)19-12-16(17-6-3-11-25-17)23-15-4-1-2-5-18(15)26-19/h1-11,19-20H,12H2. The van der Waals surface area contributed by atoms with E-state index in [-0.39, 0.29) is 11.0 Å². The first-order valence-corrected chi connectivity index (χ1v) is 9.87. The maximum absolute atomic E-state index is 12.4. The number of ether oxygens (including phenoxy) is 1. The average Bonchev–Trinajstić information content (AvgIpc) is 3.09. The maximum atomic E-state index is 12.4. The van der Waals surface area contributed by atoms with Crippen molar-refractivity contribution < 1.29 is 13.5 Å². The van der Waals surface area contributed by atoms with Crippen LogP contribution in [0.1, 0.15) is 22.1 Å². The number of aliphatic imine (C=N–C) groups is 1. The van der Waals surface area contributed by atoms with E-state index in [4.69, 9.17) is 4.99 Å². The van der Waals surface area contributed by atoms with E-state index in [1.54, 1.807) is 35.2 Å². The number of hydrogen-bond acceptors (Lipinski definition) is 4. The van der Waals surface area contributed by atoms with Crippen molar-refractivity contribution in [2.24, 2.45) is 4.99 Å². The number of benzene rings is 2. The minimum Gasteiger partial charge on any atom is -0.435 e. The van der Waals surface area contributed by atoms with Crippen LogP contribution in [0.5, 0.6) is 5.75 Å². The Labute approximate surface area is 158 Å². The molecule has 1 atom stereocenters. The van der Waals surface area contributed by atoms with Gasteiger partial charge < -0.3 is 4.74 Å². The predicted molar refractivity (Wildman–Crippen MR) is 103 cm³/mol. The highest BCUT2D eigenvalue weighted by Crippen LogP contribution is 2.46. The number of para-hydroxylation sites is 1. The van der Waals surface area contributed by atoms with Gasteiger partial charge in [0.1, 0.15) is 5.75 Å². The summed E-state index contributed by atoms with van der Waals surface area (Å²) in [4.78, 5) is 7.18. The minimum absolute atomic E-state index is 0.153. The number of nitrogens with zero attached hydrogens (tertiary/aromatic N) is 1. The molecular weight excluding hydrogens is 372 g/mol. The molecule has 0 aliphatic carbocycles. The van der Waals surface area contributed by atoms with Crippen LogP contribution in [-0.2, 0) is 0 Å². The molecule has 3 aromatic rings. The molecule has 1 unspecified atom stereocenters. The number of hydrogen-bond donors (Lipinski definition) is 0. The van der Waals surface area contributed by atoms with Gasteiger partial charge in [-0.05, 0) is 41.3 Å². The monoisotopic (exact) mass is 387 g/mol. The molecule has 4 rings (SSSR count). The first-order chi connectivity index (χ1) is 12.7. The van der Waals surface area contributed by atoms with Crippen molar-refractivity contribution in [3.05, 3.63) is 76.5 Å². The lowest BCUT2D eigenvalue weighted by Crippen LogP contribution is -2.04. The number of rotatable bonds is 4. The fraction of sp³-hybridized carbons (Fsp3) is 0.150. The van der Waals surface area contributed by atoms with Gasteiger partial charge in [-0.1, -0.05) is 30.3 Å². The van der Waals surface area contributed by atoms with E-state index in [9.17, 15) is 8.78 Å². The molecule has 0 spiro atoms. The van der Waals surface area contributed by atoms with Gasteiger partial charge in [0.05, 0.1) is 11.4 Å². The summed E-state index contributed by atoms with van der Waals surface area (Å²) in [5.41, 5.74) is 3.09. The Balaban J connectivity index is 1.68. The van der Waals surface area contributed by atoms with Crippen molar-refractivity contribution in [3.8, 4) is 5.75 Å². The summed E-state index contributed by atoms with van der Waals surface area (Å²) < 4.78 is 29.2. The Morgan fingerprint density at radius 2 is 1.81 bits per heavy atom. The second-order valence-corrected chi connectivity index (χ2v) is 7.95. The second kappa shape index (κ2) is 7.60. The summed E-state index contributed by atoms with van der Waals surface area (Å²) in [5.74, 6) is 0.176. The molecule has 2 nitrogen and oxygen atoms in total. The topological polar surface area (TPSA) is 21.6 Å². The van der Waals surface area contributed by atoms with Crippen molar-refractivity contribution in [2.75, 3.05) is 0 Å². The summed E-state index contributed by atoms with van der Waals surface area (Å²) in [7, 11) is 0. The summed E-state index contributed by atoms with van der Waals surface area (Å²) in [6.45, 7) is -2.81. The molecular formula is C20H15F2NOS2. The van der Waals surface area contributed by atoms with Gasteiger partial charge in [0.15, 0.2) is 0 Å². The van der Waals surface area contributed by atoms with E-state index in [0.717, 1.165) is 33.2 Å². The first-order valence-electron chi connectivity index (χ1n) is 8.11. The third-order valence-electron chi connectivity index (χ3n) is 4.05. The number of thioether (sulfide) groups is 1. The van der Waals surface area contributed by atoms with Crippen molar-refractivity contribution in [2.45, 2.75) is 23.2 Å². The zero-order valence-electron chi connectivity index (χ0n) is 13.6. The summed E-state index contributed by atoms with van der Waals surface area (Å²) >= 11 is 3.43. The first kappa shape index (κ1) is 17.2. The fourth-order valence-corrected chi connectivity index (χ4v) is 4.82. The molecule has 0 saturated heterocycles. The molecule has 1 aliphatic heterocycles. The molecule has 132 valence electrons. The Morgan fingerprint density at radius 3 is 2.54 bits per heavy atom. The van der Waals surface area contributed by atoms with Crippen LogP contribution in [0.15, 0.2) is 75.9 Å². The van der Waals surface area contributed by atoms with Crippen LogP contribution in [0.25, 0.3) is 0 Å². The molecule has 26 heavy (non-hydrogen) atoms. The van der Waals surface area contributed by atoms with Gasteiger partial charge >= 0.3 is 6.61 Å². The van der Waals surface area contributed by atoms with Gasteiger partial charge in [-0.25, -0.2) is 0 Å². The highest BCUT2D eigenvalue weighted by molar-refractivity contribution is 7.99. The van der Waals surface area contributed by atoms with Crippen LogP contribution in [-0.4, -0.2) is 12.3 Å². The highest BCUT2D eigenvalue weighted by atomic mass is 32.2. The van der Waals surface area contributed by atoms with Crippen molar-refractivity contribution in [1.29, 1.82) is 0 Å². The lowest BCUT2D eigenvalue weighted by molar-refractivity contribution is -0.0498. The highest BCUT2D eigenvalue weighted by Gasteiger charge is 2.23. The van der Waals surface area contributed by atoms with Crippen LogP contribution < -0.4 is 4.74 Å². The third-order valence-corrected chi connectivity index (χ3v) is 6.29. The minimum atomic E-state index is -2.81. The van der Waals surface area contributed by atoms with Crippen LogP contribution in [0, 0.1) is 0 Å². The summed E-state index contributed by atoms with van der Waals surface area (Å²) in [5, 5.41) is 2.20. The normalized spacial score (nSPS) is 16.7. The Bertz CT molecular complexity index is 908. The molecule has 2 aromatic carbocycles. The molecule has 0 radical (unpaired) electrons. The zero-order valence-corrected chi connectivity index (χ0v) is 15.3. The molecule has 6 heteroatoms. The lowest BCUT2D eigenvalue weighted by atomic mass is 10.1. The zero-order chi connectivity index (χ0) is 17.9. The van der Waals surface area contributed by atoms with E-state index < -0.39 is 6.61 Å². The Morgan fingerprint density at radius 1 is 1.00 bits per heavy atom. The van der Waals surface area contributed by atoms with E-state index in [1.165, 1.54) is 0 Å². The summed E-state index contributed by atoms with van der Waals surface area (Å²) in [6, 6.07) is 19.1. The quantitative estimate of drug-likeness (QED) is 0.496. The van der Waals surface area contributed by atoms with Gasteiger partial charge in [0.25, 0.3) is 0 Å². The molecule has 0 saturated carbocycles. The summed E-state index contributed by atoms with van der Waals surface area (Å²) in [6.07, 6.45) is 0.773. The van der Waals surface area contributed by atoms with E-state index >= 15 is 0 Å². The van der Waals surface area contributed by atoms with Gasteiger partial charge in [-0.2, -0.15) is 8.78 Å².